The normalized spacial score (nSPS) is 11.5. The monoisotopic (exact) mass is 448 g/mol. The molecule has 0 saturated carbocycles. The number of hydrogen-bond acceptors (Lipinski definition) is 6. The largest absolute Gasteiger partial charge is 0.494 e. The predicted octanol–water partition coefficient (Wildman–Crippen LogP) is 4.99. The number of carbonyl (C=O) groups is 2. The molecule has 1 atom stereocenters. The van der Waals surface area contributed by atoms with Crippen molar-refractivity contribution in [2.45, 2.75) is 32.3 Å². The summed E-state index contributed by atoms with van der Waals surface area (Å²) >= 11 is 0. The third kappa shape index (κ3) is 7.77. The number of benzene rings is 3. The number of para-hydroxylation sites is 1. The quantitative estimate of drug-likeness (QED) is 0.239. The molecule has 0 spiro atoms. The lowest BCUT2D eigenvalue weighted by Crippen LogP contribution is -2.25. The highest BCUT2D eigenvalue weighted by Crippen LogP contribution is 2.23. The summed E-state index contributed by atoms with van der Waals surface area (Å²) in [5.41, 5.74) is 1.35. The van der Waals surface area contributed by atoms with E-state index in [1.165, 1.54) is 0 Å². The maximum atomic E-state index is 12.4. The molecule has 172 valence electrons. The van der Waals surface area contributed by atoms with Gasteiger partial charge in [0.05, 0.1) is 13.2 Å². The van der Waals surface area contributed by atoms with Gasteiger partial charge in [-0.2, -0.15) is 0 Å². The zero-order chi connectivity index (χ0) is 23.5. The third-order valence-electron chi connectivity index (χ3n) is 4.88. The fraction of sp³-hybridized carbons (Fsp3) is 0.259. The minimum absolute atomic E-state index is 0.0164. The Morgan fingerprint density at radius 2 is 1.48 bits per heavy atom. The van der Waals surface area contributed by atoms with Crippen LogP contribution in [0.2, 0.25) is 0 Å². The zero-order valence-corrected chi connectivity index (χ0v) is 18.6. The summed E-state index contributed by atoms with van der Waals surface area (Å²) in [6.07, 6.45) is -0.108. The first kappa shape index (κ1) is 24.0. The van der Waals surface area contributed by atoms with Crippen molar-refractivity contribution in [1.29, 1.82) is 0 Å². The average Bonchev–Trinajstić information content (AvgIpc) is 2.84. The van der Waals surface area contributed by atoms with Crippen molar-refractivity contribution in [3.05, 3.63) is 90.0 Å². The fourth-order valence-corrected chi connectivity index (χ4v) is 3.17. The third-order valence-corrected chi connectivity index (χ3v) is 4.88. The van der Waals surface area contributed by atoms with E-state index >= 15 is 0 Å². The maximum absolute atomic E-state index is 12.4. The Kier molecular flexibility index (Phi) is 9.03. The lowest BCUT2D eigenvalue weighted by molar-refractivity contribution is -0.152. The van der Waals surface area contributed by atoms with Gasteiger partial charge in [-0.05, 0) is 55.3 Å². The molecule has 1 N–H and O–H groups in total. The lowest BCUT2D eigenvalue weighted by Gasteiger charge is -2.10. The number of aliphatic hydroxyl groups is 1. The molecule has 0 radical (unpaired) electrons. The molecule has 0 unspecified atom stereocenters. The molecule has 33 heavy (non-hydrogen) atoms. The molecule has 0 bridgehead atoms. The van der Waals surface area contributed by atoms with Gasteiger partial charge < -0.3 is 19.3 Å². The van der Waals surface area contributed by atoms with Gasteiger partial charge >= 0.3 is 5.97 Å². The van der Waals surface area contributed by atoms with Gasteiger partial charge in [0, 0.05) is 18.4 Å². The molecule has 0 fully saturated rings. The number of ketones is 1. The van der Waals surface area contributed by atoms with Crippen molar-refractivity contribution >= 4 is 11.8 Å². The van der Waals surface area contributed by atoms with Gasteiger partial charge in [0.25, 0.3) is 0 Å². The number of rotatable bonds is 12. The number of carbonyl (C=O) groups excluding carboxylic acids is 2. The van der Waals surface area contributed by atoms with E-state index < -0.39 is 12.1 Å². The Hall–Kier alpha value is -3.64. The first-order valence-corrected chi connectivity index (χ1v) is 11.0. The van der Waals surface area contributed by atoms with E-state index in [2.05, 4.69) is 0 Å². The van der Waals surface area contributed by atoms with Gasteiger partial charge in [-0.25, -0.2) is 4.79 Å². The molecule has 0 aromatic heterocycles. The first-order valence-electron chi connectivity index (χ1n) is 11.0. The summed E-state index contributed by atoms with van der Waals surface area (Å²) in [6.45, 7) is 2.34. The Labute approximate surface area is 193 Å². The van der Waals surface area contributed by atoms with E-state index in [4.69, 9.17) is 14.2 Å². The number of esters is 1. The number of Topliss-reactive ketones (excluding diaryl/α,β-unsaturated/α-hetero) is 1. The molecule has 3 aromatic carbocycles. The molecule has 6 nitrogen and oxygen atoms in total. The van der Waals surface area contributed by atoms with Crippen molar-refractivity contribution in [2.75, 3.05) is 13.2 Å². The minimum Gasteiger partial charge on any atom is -0.494 e. The van der Waals surface area contributed by atoms with Crippen molar-refractivity contribution in [2.24, 2.45) is 0 Å². The van der Waals surface area contributed by atoms with Gasteiger partial charge in [0.1, 0.15) is 17.2 Å². The summed E-state index contributed by atoms with van der Waals surface area (Å²) in [5.74, 6) is 1.58. The number of hydrogen-bond donors (Lipinski definition) is 1. The van der Waals surface area contributed by atoms with E-state index in [1.807, 2.05) is 54.6 Å². The summed E-state index contributed by atoms with van der Waals surface area (Å²) in [4.78, 5) is 23.9. The second-order valence-corrected chi connectivity index (χ2v) is 7.43. The van der Waals surface area contributed by atoms with Crippen LogP contribution >= 0.6 is 0 Å². The van der Waals surface area contributed by atoms with Crippen LogP contribution in [0, 0.1) is 0 Å². The van der Waals surface area contributed by atoms with Crippen LogP contribution in [0.15, 0.2) is 78.9 Å². The SMILES string of the molecule is CCOC(=O)[C@@H](O)Cc1ccc(C(=O)CCCOc2ccc(Oc3ccccc3)cc2)cc1. The molecule has 3 aromatic rings. The van der Waals surface area contributed by atoms with Crippen LogP contribution < -0.4 is 9.47 Å². The van der Waals surface area contributed by atoms with Crippen LogP contribution in [0.25, 0.3) is 0 Å². The summed E-state index contributed by atoms with van der Waals surface area (Å²) in [5, 5.41) is 9.84. The highest BCUT2D eigenvalue weighted by Gasteiger charge is 2.16. The second kappa shape index (κ2) is 12.4. The molecule has 3 rings (SSSR count). The Bertz CT molecular complexity index is 1010. The molecular formula is C27H28O6. The van der Waals surface area contributed by atoms with E-state index in [9.17, 15) is 14.7 Å². The summed E-state index contributed by atoms with van der Waals surface area (Å²) < 4.78 is 16.3. The maximum Gasteiger partial charge on any atom is 0.335 e. The van der Waals surface area contributed by atoms with Gasteiger partial charge in [-0.1, -0.05) is 42.5 Å². The van der Waals surface area contributed by atoms with E-state index in [0.29, 0.717) is 30.8 Å². The first-order chi connectivity index (χ1) is 16.0. The van der Waals surface area contributed by atoms with Crippen LogP contribution in [0.3, 0.4) is 0 Å². The lowest BCUT2D eigenvalue weighted by atomic mass is 10.0. The topological polar surface area (TPSA) is 82.1 Å². The van der Waals surface area contributed by atoms with Crippen LogP contribution in [0.5, 0.6) is 17.2 Å². The zero-order valence-electron chi connectivity index (χ0n) is 18.6. The van der Waals surface area contributed by atoms with Crippen molar-refractivity contribution in [3.8, 4) is 17.2 Å². The van der Waals surface area contributed by atoms with E-state index in [1.54, 1.807) is 31.2 Å². The van der Waals surface area contributed by atoms with Gasteiger partial charge in [-0.15, -0.1) is 0 Å². The molecule has 0 aliphatic heterocycles. The molecule has 0 aliphatic rings. The molecular weight excluding hydrogens is 420 g/mol. The second-order valence-electron chi connectivity index (χ2n) is 7.43. The molecule has 0 aliphatic carbocycles. The molecule has 0 amide bonds. The summed E-state index contributed by atoms with van der Waals surface area (Å²) in [7, 11) is 0. The highest BCUT2D eigenvalue weighted by molar-refractivity contribution is 5.96. The van der Waals surface area contributed by atoms with Crippen LogP contribution in [-0.4, -0.2) is 36.2 Å². The number of ether oxygens (including phenoxy) is 3. The fourth-order valence-electron chi connectivity index (χ4n) is 3.17. The minimum atomic E-state index is -1.21. The predicted molar refractivity (Wildman–Crippen MR) is 125 cm³/mol. The standard InChI is InChI=1S/C27H28O6/c1-2-31-27(30)26(29)19-20-10-12-21(13-11-20)25(28)9-6-18-32-22-14-16-24(17-15-22)33-23-7-4-3-5-8-23/h3-5,7-8,10-17,26,29H,2,6,9,18-19H2,1H3/t26-/m0/s1. The summed E-state index contributed by atoms with van der Waals surface area (Å²) in [6, 6.07) is 23.8. The Morgan fingerprint density at radius 1 is 0.848 bits per heavy atom. The van der Waals surface area contributed by atoms with E-state index in [0.717, 1.165) is 17.1 Å². The Balaban J connectivity index is 1.39. The smallest absolute Gasteiger partial charge is 0.335 e. The number of aliphatic hydroxyl groups excluding tert-OH is 1. The van der Waals surface area contributed by atoms with Gasteiger partial charge in [-0.3, -0.25) is 4.79 Å². The Morgan fingerprint density at radius 3 is 2.15 bits per heavy atom. The molecule has 0 heterocycles. The van der Waals surface area contributed by atoms with Crippen LogP contribution in [0.1, 0.15) is 35.7 Å². The van der Waals surface area contributed by atoms with Gasteiger partial charge in [0.15, 0.2) is 11.9 Å². The average molecular weight is 449 g/mol. The van der Waals surface area contributed by atoms with E-state index in [-0.39, 0.29) is 18.8 Å². The highest BCUT2D eigenvalue weighted by atomic mass is 16.5. The van der Waals surface area contributed by atoms with Crippen molar-refractivity contribution in [1.82, 2.24) is 0 Å². The van der Waals surface area contributed by atoms with Gasteiger partial charge in [0.2, 0.25) is 0 Å². The van der Waals surface area contributed by atoms with Crippen molar-refractivity contribution < 1.29 is 28.9 Å². The van der Waals surface area contributed by atoms with Crippen LogP contribution in [-0.2, 0) is 16.0 Å². The van der Waals surface area contributed by atoms with Crippen molar-refractivity contribution in [3.63, 3.8) is 0 Å². The van der Waals surface area contributed by atoms with Crippen LogP contribution in [0.4, 0.5) is 0 Å². The molecule has 0 saturated heterocycles. The molecule has 6 heteroatoms.